The third-order valence-corrected chi connectivity index (χ3v) is 5.81. The molecule has 4 rings (SSSR count). The first-order chi connectivity index (χ1) is 13.2. The van der Waals surface area contributed by atoms with Crippen LogP contribution < -0.4 is 0 Å². The molecule has 0 N–H and O–H groups in total. The first kappa shape index (κ1) is 17.9. The lowest BCUT2D eigenvalue weighted by Gasteiger charge is -2.16. The number of hydrogen-bond donors (Lipinski definition) is 0. The molecular formula is C21H21BrN4O. The quantitative estimate of drug-likeness (QED) is 0.618. The van der Waals surface area contributed by atoms with Crippen molar-refractivity contribution in [3.8, 4) is 11.3 Å². The van der Waals surface area contributed by atoms with E-state index < -0.39 is 0 Å². The molecule has 1 aromatic heterocycles. The van der Waals surface area contributed by atoms with Crippen molar-refractivity contribution in [2.45, 2.75) is 25.3 Å². The monoisotopic (exact) mass is 424 g/mol. The first-order valence-corrected chi connectivity index (χ1v) is 9.98. The maximum absolute atomic E-state index is 12.6. The first-order valence-electron chi connectivity index (χ1n) is 9.19. The highest BCUT2D eigenvalue weighted by Crippen LogP contribution is 2.24. The van der Waals surface area contributed by atoms with Crippen molar-refractivity contribution >= 4 is 21.8 Å². The van der Waals surface area contributed by atoms with Crippen LogP contribution in [-0.2, 0) is 11.2 Å². The van der Waals surface area contributed by atoms with E-state index in [9.17, 15) is 4.79 Å². The molecule has 1 aliphatic rings. The number of halogens is 1. The van der Waals surface area contributed by atoms with Crippen molar-refractivity contribution in [1.29, 1.82) is 0 Å². The van der Waals surface area contributed by atoms with Crippen LogP contribution in [0.5, 0.6) is 0 Å². The van der Waals surface area contributed by atoms with Gasteiger partial charge in [-0.05, 0) is 24.5 Å². The van der Waals surface area contributed by atoms with Gasteiger partial charge in [-0.15, -0.1) is 5.10 Å². The van der Waals surface area contributed by atoms with Crippen LogP contribution in [0.15, 0.2) is 65.3 Å². The summed E-state index contributed by atoms with van der Waals surface area (Å²) in [5.41, 5.74) is 3.10. The number of benzene rings is 2. The van der Waals surface area contributed by atoms with Crippen molar-refractivity contribution in [3.63, 3.8) is 0 Å². The standard InChI is InChI=1S/C21H21BrN4O/c22-19-9-5-4-6-16(19)10-11-21(27)25-13-12-18(14-25)26-15-20(23-24-26)17-7-2-1-3-8-17/h1-9,15,18H,10-14H2. The van der Waals surface area contributed by atoms with Crippen LogP contribution in [0.25, 0.3) is 11.3 Å². The zero-order chi connectivity index (χ0) is 18.6. The van der Waals surface area contributed by atoms with Gasteiger partial charge in [0.1, 0.15) is 5.69 Å². The van der Waals surface area contributed by atoms with E-state index in [0.717, 1.165) is 35.1 Å². The molecule has 1 amide bonds. The molecule has 27 heavy (non-hydrogen) atoms. The third-order valence-electron chi connectivity index (χ3n) is 5.04. The minimum atomic E-state index is 0.197. The van der Waals surface area contributed by atoms with E-state index >= 15 is 0 Å². The van der Waals surface area contributed by atoms with E-state index in [0.29, 0.717) is 13.0 Å². The average Bonchev–Trinajstić information content (AvgIpc) is 3.37. The summed E-state index contributed by atoms with van der Waals surface area (Å²) in [5, 5.41) is 8.59. The van der Waals surface area contributed by atoms with Gasteiger partial charge < -0.3 is 4.90 Å². The van der Waals surface area contributed by atoms with Crippen LogP contribution in [0, 0.1) is 0 Å². The molecule has 0 bridgehead atoms. The average molecular weight is 425 g/mol. The molecule has 0 spiro atoms. The SMILES string of the molecule is O=C(CCc1ccccc1Br)N1CCC(n2cc(-c3ccccc3)nn2)C1. The third kappa shape index (κ3) is 4.11. The number of aryl methyl sites for hydroxylation is 1. The summed E-state index contributed by atoms with van der Waals surface area (Å²) in [7, 11) is 0. The van der Waals surface area contributed by atoms with Gasteiger partial charge >= 0.3 is 0 Å². The second-order valence-corrected chi connectivity index (χ2v) is 7.68. The number of nitrogens with zero attached hydrogens (tertiary/aromatic N) is 4. The smallest absolute Gasteiger partial charge is 0.222 e. The van der Waals surface area contributed by atoms with Crippen LogP contribution in [-0.4, -0.2) is 38.9 Å². The zero-order valence-electron chi connectivity index (χ0n) is 15.0. The Hall–Kier alpha value is -2.47. The predicted molar refractivity (Wildman–Crippen MR) is 108 cm³/mol. The van der Waals surface area contributed by atoms with Gasteiger partial charge in [-0.3, -0.25) is 4.79 Å². The molecule has 1 saturated heterocycles. The highest BCUT2D eigenvalue weighted by atomic mass is 79.9. The molecule has 138 valence electrons. The minimum absolute atomic E-state index is 0.197. The largest absolute Gasteiger partial charge is 0.340 e. The Labute approximate surface area is 167 Å². The molecule has 6 heteroatoms. The summed E-state index contributed by atoms with van der Waals surface area (Å²) >= 11 is 3.55. The van der Waals surface area contributed by atoms with Gasteiger partial charge in [-0.25, -0.2) is 4.68 Å². The Kier molecular flexibility index (Phi) is 5.34. The number of aromatic nitrogens is 3. The van der Waals surface area contributed by atoms with Crippen molar-refractivity contribution in [3.05, 3.63) is 70.8 Å². The van der Waals surface area contributed by atoms with Crippen molar-refractivity contribution in [2.24, 2.45) is 0 Å². The molecule has 0 saturated carbocycles. The summed E-state index contributed by atoms with van der Waals surface area (Å²) in [6, 6.07) is 18.3. The molecule has 2 heterocycles. The fraction of sp³-hybridized carbons (Fsp3) is 0.286. The zero-order valence-corrected chi connectivity index (χ0v) is 16.5. The van der Waals surface area contributed by atoms with Crippen LogP contribution in [0.4, 0.5) is 0 Å². The van der Waals surface area contributed by atoms with Crippen LogP contribution in [0.3, 0.4) is 0 Å². The van der Waals surface area contributed by atoms with Gasteiger partial charge in [-0.2, -0.15) is 0 Å². The fourth-order valence-electron chi connectivity index (χ4n) is 3.48. The molecule has 0 aliphatic carbocycles. The van der Waals surface area contributed by atoms with Gasteiger partial charge in [0.15, 0.2) is 0 Å². The molecule has 1 aliphatic heterocycles. The summed E-state index contributed by atoms with van der Waals surface area (Å²) in [6.07, 6.45) is 4.18. The maximum Gasteiger partial charge on any atom is 0.222 e. The minimum Gasteiger partial charge on any atom is -0.340 e. The van der Waals surface area contributed by atoms with Crippen LogP contribution in [0.2, 0.25) is 0 Å². The molecule has 1 fully saturated rings. The number of amides is 1. The Morgan fingerprint density at radius 2 is 1.89 bits per heavy atom. The highest BCUT2D eigenvalue weighted by molar-refractivity contribution is 9.10. The Bertz CT molecular complexity index is 925. The Morgan fingerprint density at radius 1 is 1.11 bits per heavy atom. The topological polar surface area (TPSA) is 51.0 Å². The number of rotatable bonds is 5. The van der Waals surface area contributed by atoms with Gasteiger partial charge in [0.25, 0.3) is 0 Å². The van der Waals surface area contributed by atoms with Gasteiger partial charge in [0.05, 0.1) is 12.2 Å². The lowest BCUT2D eigenvalue weighted by molar-refractivity contribution is -0.130. The van der Waals surface area contributed by atoms with Crippen molar-refractivity contribution in [2.75, 3.05) is 13.1 Å². The van der Waals surface area contributed by atoms with Crippen LogP contribution in [0.1, 0.15) is 24.4 Å². The molecule has 3 aromatic rings. The molecule has 1 atom stereocenters. The van der Waals surface area contributed by atoms with Gasteiger partial charge in [-0.1, -0.05) is 69.7 Å². The molecule has 1 unspecified atom stereocenters. The van der Waals surface area contributed by atoms with Gasteiger partial charge in [0.2, 0.25) is 5.91 Å². The summed E-state index contributed by atoms with van der Waals surface area (Å²) < 4.78 is 2.97. The predicted octanol–water partition coefficient (Wildman–Crippen LogP) is 4.11. The number of carbonyl (C=O) groups is 1. The fourth-order valence-corrected chi connectivity index (χ4v) is 3.96. The number of hydrogen-bond acceptors (Lipinski definition) is 3. The lowest BCUT2D eigenvalue weighted by atomic mass is 10.1. The van der Waals surface area contributed by atoms with E-state index in [1.54, 1.807) is 0 Å². The summed E-state index contributed by atoms with van der Waals surface area (Å²) in [6.45, 7) is 1.48. The Balaban J connectivity index is 1.35. The molecular weight excluding hydrogens is 404 g/mol. The number of carbonyl (C=O) groups excluding carboxylic acids is 1. The number of likely N-dealkylation sites (tertiary alicyclic amines) is 1. The van der Waals surface area contributed by atoms with Crippen LogP contribution >= 0.6 is 15.9 Å². The van der Waals surface area contributed by atoms with E-state index in [2.05, 4.69) is 32.3 Å². The second kappa shape index (κ2) is 8.05. The Morgan fingerprint density at radius 3 is 2.70 bits per heavy atom. The molecule has 0 radical (unpaired) electrons. The van der Waals surface area contributed by atoms with E-state index in [1.165, 1.54) is 5.56 Å². The molecule has 5 nitrogen and oxygen atoms in total. The van der Waals surface area contributed by atoms with Gasteiger partial charge in [0, 0.05) is 29.5 Å². The lowest BCUT2D eigenvalue weighted by Crippen LogP contribution is -2.29. The van der Waals surface area contributed by atoms with Crippen molar-refractivity contribution < 1.29 is 4.79 Å². The highest BCUT2D eigenvalue weighted by Gasteiger charge is 2.28. The van der Waals surface area contributed by atoms with E-state index in [1.807, 2.05) is 64.3 Å². The normalized spacial score (nSPS) is 16.6. The van der Waals surface area contributed by atoms with E-state index in [-0.39, 0.29) is 11.9 Å². The molecule has 2 aromatic carbocycles. The maximum atomic E-state index is 12.6. The van der Waals surface area contributed by atoms with E-state index in [4.69, 9.17) is 0 Å². The second-order valence-electron chi connectivity index (χ2n) is 6.82. The van der Waals surface area contributed by atoms with Crippen molar-refractivity contribution in [1.82, 2.24) is 19.9 Å². The summed E-state index contributed by atoms with van der Waals surface area (Å²) in [4.78, 5) is 14.5. The summed E-state index contributed by atoms with van der Waals surface area (Å²) in [5.74, 6) is 0.205.